The Morgan fingerprint density at radius 3 is 2.43 bits per heavy atom. The maximum absolute atomic E-state index is 12.0. The fraction of sp³-hybridized carbons (Fsp3) is 0.400. The third kappa shape index (κ3) is 2.35. The van der Waals surface area contributed by atoms with E-state index in [0.29, 0.717) is 6.61 Å². The zero-order valence-corrected chi connectivity index (χ0v) is 13.5. The molecule has 23 heavy (non-hydrogen) atoms. The van der Waals surface area contributed by atoms with Crippen molar-refractivity contribution < 1.29 is 9.84 Å². The fourth-order valence-electron chi connectivity index (χ4n) is 4.09. The van der Waals surface area contributed by atoms with E-state index in [4.69, 9.17) is 4.74 Å². The summed E-state index contributed by atoms with van der Waals surface area (Å²) in [6, 6.07) is 16.1. The molecule has 2 aliphatic rings. The van der Waals surface area contributed by atoms with Gasteiger partial charge in [-0.25, -0.2) is 0 Å². The lowest BCUT2D eigenvalue weighted by Crippen LogP contribution is -2.43. The molecule has 1 fully saturated rings. The van der Waals surface area contributed by atoms with Crippen molar-refractivity contribution >= 4 is 0 Å². The maximum Gasteiger partial charge on any atom is 0.126 e. The summed E-state index contributed by atoms with van der Waals surface area (Å²) in [7, 11) is 2.15. The predicted octanol–water partition coefficient (Wildman–Crippen LogP) is 3.16. The zero-order chi connectivity index (χ0) is 15.9. The molecule has 2 heterocycles. The number of hydrogen-bond acceptors (Lipinski definition) is 3. The molecule has 3 heteroatoms. The second-order valence-electron chi connectivity index (χ2n) is 6.79. The van der Waals surface area contributed by atoms with E-state index in [2.05, 4.69) is 24.1 Å². The number of ether oxygens (including phenoxy) is 1. The average Bonchev–Trinajstić information content (AvgIpc) is 2.72. The minimum absolute atomic E-state index is 0.211. The zero-order valence-electron chi connectivity index (χ0n) is 13.5. The van der Waals surface area contributed by atoms with E-state index in [-0.39, 0.29) is 5.92 Å². The van der Waals surface area contributed by atoms with E-state index in [0.717, 1.165) is 48.4 Å². The summed E-state index contributed by atoms with van der Waals surface area (Å²) in [5, 5.41) is 12.0. The number of para-hydroxylation sites is 1. The average molecular weight is 309 g/mol. The van der Waals surface area contributed by atoms with Gasteiger partial charge in [-0.1, -0.05) is 42.5 Å². The molecule has 120 valence electrons. The molecule has 1 atom stereocenters. The molecule has 0 radical (unpaired) electrons. The lowest BCUT2D eigenvalue weighted by molar-refractivity contribution is -0.0113. The number of fused-ring (bicyclic) bond motifs is 2. The van der Waals surface area contributed by atoms with Crippen molar-refractivity contribution in [3.63, 3.8) is 0 Å². The molecule has 0 aliphatic carbocycles. The summed E-state index contributed by atoms with van der Waals surface area (Å²) in [6.07, 6.45) is 1.99. The van der Waals surface area contributed by atoms with Crippen LogP contribution in [0.15, 0.2) is 48.5 Å². The molecule has 0 saturated carbocycles. The Kier molecular flexibility index (Phi) is 3.63. The molecule has 2 aromatic rings. The van der Waals surface area contributed by atoms with E-state index in [1.807, 2.05) is 36.4 Å². The molecule has 0 amide bonds. The molecule has 0 bridgehead atoms. The first kappa shape index (κ1) is 14.7. The second-order valence-corrected chi connectivity index (χ2v) is 6.79. The normalized spacial score (nSPS) is 25.1. The Bertz CT molecular complexity index is 657. The van der Waals surface area contributed by atoms with Gasteiger partial charge < -0.3 is 14.7 Å². The number of nitrogens with zero attached hydrogens (tertiary/aromatic N) is 1. The number of piperidine rings is 1. The summed E-state index contributed by atoms with van der Waals surface area (Å²) < 4.78 is 6.01. The Hall–Kier alpha value is -1.84. The molecule has 1 N–H and O–H groups in total. The molecule has 2 aliphatic heterocycles. The van der Waals surface area contributed by atoms with Gasteiger partial charge >= 0.3 is 0 Å². The van der Waals surface area contributed by atoms with Gasteiger partial charge in [0, 0.05) is 5.56 Å². The first-order chi connectivity index (χ1) is 11.2. The molecule has 2 aromatic carbocycles. The van der Waals surface area contributed by atoms with Crippen molar-refractivity contribution in [2.75, 3.05) is 20.1 Å². The van der Waals surface area contributed by atoms with E-state index in [1.54, 1.807) is 0 Å². The SMILES string of the molecule is CN1CCC(C2(O)c3ccccc3COc3ccccc32)CC1. The Balaban J connectivity index is 1.89. The standard InChI is InChI=1S/C20H23NO2/c1-21-12-10-16(11-13-21)20(22)17-7-3-2-6-15(17)14-23-19-9-5-4-8-18(19)20/h2-9,16,22H,10-14H2,1H3. The van der Waals surface area contributed by atoms with E-state index in [1.165, 1.54) is 0 Å². The van der Waals surface area contributed by atoms with Crippen molar-refractivity contribution in [2.45, 2.75) is 25.0 Å². The quantitative estimate of drug-likeness (QED) is 0.878. The molecular weight excluding hydrogens is 286 g/mol. The Labute approximate surface area is 137 Å². The van der Waals surface area contributed by atoms with Crippen molar-refractivity contribution in [3.05, 3.63) is 65.2 Å². The summed E-state index contributed by atoms with van der Waals surface area (Å²) in [5.41, 5.74) is 2.05. The summed E-state index contributed by atoms with van der Waals surface area (Å²) in [5.74, 6) is 1.02. The van der Waals surface area contributed by atoms with Gasteiger partial charge in [-0.3, -0.25) is 0 Å². The number of rotatable bonds is 1. The topological polar surface area (TPSA) is 32.7 Å². The lowest BCUT2D eigenvalue weighted by Gasteiger charge is -2.41. The summed E-state index contributed by atoms with van der Waals surface area (Å²) in [6.45, 7) is 2.57. The second kappa shape index (κ2) is 5.66. The number of hydrogen-bond donors (Lipinski definition) is 1. The van der Waals surface area contributed by atoms with Crippen LogP contribution in [-0.2, 0) is 12.2 Å². The van der Waals surface area contributed by atoms with Crippen LogP contribution in [0.3, 0.4) is 0 Å². The van der Waals surface area contributed by atoms with Crippen LogP contribution >= 0.6 is 0 Å². The van der Waals surface area contributed by atoms with Crippen LogP contribution < -0.4 is 4.74 Å². The van der Waals surface area contributed by atoms with Gasteiger partial charge in [-0.2, -0.15) is 0 Å². The van der Waals surface area contributed by atoms with Gasteiger partial charge in [0.05, 0.1) is 0 Å². The first-order valence-corrected chi connectivity index (χ1v) is 8.41. The fourth-order valence-corrected chi connectivity index (χ4v) is 4.09. The van der Waals surface area contributed by atoms with Gasteiger partial charge in [-0.05, 0) is 56.1 Å². The van der Waals surface area contributed by atoms with Gasteiger partial charge in [0.15, 0.2) is 0 Å². The molecule has 0 spiro atoms. The maximum atomic E-state index is 12.0. The number of likely N-dealkylation sites (tertiary alicyclic amines) is 1. The van der Waals surface area contributed by atoms with Crippen LogP contribution in [0.1, 0.15) is 29.5 Å². The van der Waals surface area contributed by atoms with Crippen LogP contribution in [0.25, 0.3) is 0 Å². The van der Waals surface area contributed by atoms with Crippen LogP contribution in [0, 0.1) is 5.92 Å². The van der Waals surface area contributed by atoms with Crippen molar-refractivity contribution in [2.24, 2.45) is 5.92 Å². The van der Waals surface area contributed by atoms with Crippen molar-refractivity contribution in [3.8, 4) is 5.75 Å². The van der Waals surface area contributed by atoms with Gasteiger partial charge in [-0.15, -0.1) is 0 Å². The third-order valence-corrected chi connectivity index (χ3v) is 5.42. The monoisotopic (exact) mass is 309 g/mol. The third-order valence-electron chi connectivity index (χ3n) is 5.42. The van der Waals surface area contributed by atoms with Crippen LogP contribution in [0.4, 0.5) is 0 Å². The highest BCUT2D eigenvalue weighted by molar-refractivity contribution is 5.50. The van der Waals surface area contributed by atoms with Crippen molar-refractivity contribution in [1.29, 1.82) is 0 Å². The van der Waals surface area contributed by atoms with E-state index in [9.17, 15) is 5.11 Å². The molecule has 0 aromatic heterocycles. The highest BCUT2D eigenvalue weighted by Gasteiger charge is 2.45. The van der Waals surface area contributed by atoms with Crippen LogP contribution in [-0.4, -0.2) is 30.1 Å². The molecular formula is C20H23NO2. The van der Waals surface area contributed by atoms with Gasteiger partial charge in [0.25, 0.3) is 0 Å². The highest BCUT2D eigenvalue weighted by Crippen LogP contribution is 2.47. The minimum Gasteiger partial charge on any atom is -0.488 e. The van der Waals surface area contributed by atoms with Gasteiger partial charge in [0.1, 0.15) is 18.0 Å². The largest absolute Gasteiger partial charge is 0.488 e. The van der Waals surface area contributed by atoms with Crippen molar-refractivity contribution in [1.82, 2.24) is 4.90 Å². The molecule has 4 rings (SSSR count). The summed E-state index contributed by atoms with van der Waals surface area (Å²) >= 11 is 0. The predicted molar refractivity (Wildman–Crippen MR) is 90.4 cm³/mol. The Morgan fingerprint density at radius 2 is 1.65 bits per heavy atom. The van der Waals surface area contributed by atoms with Crippen LogP contribution in [0.2, 0.25) is 0 Å². The Morgan fingerprint density at radius 1 is 1.00 bits per heavy atom. The van der Waals surface area contributed by atoms with Gasteiger partial charge in [0.2, 0.25) is 0 Å². The first-order valence-electron chi connectivity index (χ1n) is 8.41. The molecule has 1 unspecified atom stereocenters. The van der Waals surface area contributed by atoms with Crippen LogP contribution in [0.5, 0.6) is 5.75 Å². The highest BCUT2D eigenvalue weighted by atomic mass is 16.5. The summed E-state index contributed by atoms with van der Waals surface area (Å²) in [4.78, 5) is 2.34. The number of benzene rings is 2. The minimum atomic E-state index is -0.967. The molecule has 3 nitrogen and oxygen atoms in total. The van der Waals surface area contributed by atoms with E-state index < -0.39 is 5.60 Å². The smallest absolute Gasteiger partial charge is 0.126 e. The number of aliphatic hydroxyl groups is 1. The molecule has 1 saturated heterocycles. The van der Waals surface area contributed by atoms with E-state index >= 15 is 0 Å². The lowest BCUT2D eigenvalue weighted by atomic mass is 9.71.